The Morgan fingerprint density at radius 1 is 1.09 bits per heavy atom. The van der Waals surface area contributed by atoms with Crippen LogP contribution in [0.2, 0.25) is 0 Å². The predicted molar refractivity (Wildman–Crippen MR) is 122 cm³/mol. The molecular formula is C26H18N2O5. The molecule has 0 aliphatic carbocycles. The van der Waals surface area contributed by atoms with Gasteiger partial charge in [0.05, 0.1) is 18.6 Å². The lowest BCUT2D eigenvalue weighted by Crippen LogP contribution is -2.22. The van der Waals surface area contributed by atoms with Gasteiger partial charge in [-0.25, -0.2) is 0 Å². The summed E-state index contributed by atoms with van der Waals surface area (Å²) >= 11 is 0. The van der Waals surface area contributed by atoms with Gasteiger partial charge in [-0.3, -0.25) is 4.79 Å². The largest absolute Gasteiger partial charge is 0.507 e. The fourth-order valence-corrected chi connectivity index (χ4v) is 4.20. The summed E-state index contributed by atoms with van der Waals surface area (Å²) in [5.74, 6) is -0.172. The average molecular weight is 438 g/mol. The number of ether oxygens (including phenoxy) is 2. The van der Waals surface area contributed by atoms with Crippen molar-refractivity contribution in [1.82, 2.24) is 0 Å². The highest BCUT2D eigenvalue weighted by Gasteiger charge is 2.36. The molecule has 1 atom stereocenters. The van der Waals surface area contributed by atoms with E-state index in [1.807, 2.05) is 30.3 Å². The van der Waals surface area contributed by atoms with Gasteiger partial charge in [0, 0.05) is 23.3 Å². The topological polar surface area (TPSA) is 119 Å². The number of nitriles is 1. The average Bonchev–Trinajstić information content (AvgIpc) is 2.83. The van der Waals surface area contributed by atoms with Crippen LogP contribution in [0.1, 0.15) is 17.0 Å². The Bertz CT molecular complexity index is 1530. The van der Waals surface area contributed by atoms with E-state index in [0.29, 0.717) is 22.6 Å². The summed E-state index contributed by atoms with van der Waals surface area (Å²) in [6.07, 6.45) is 0. The zero-order valence-corrected chi connectivity index (χ0v) is 17.5. The molecule has 1 aromatic heterocycles. The highest BCUT2D eigenvalue weighted by Crippen LogP contribution is 2.50. The lowest BCUT2D eigenvalue weighted by Gasteiger charge is -2.28. The summed E-state index contributed by atoms with van der Waals surface area (Å²) in [5.41, 5.74) is 7.48. The number of phenolic OH excluding ortho intramolecular Hbond substituents is 1. The Morgan fingerprint density at radius 3 is 2.55 bits per heavy atom. The molecule has 2 heterocycles. The highest BCUT2D eigenvalue weighted by molar-refractivity contribution is 5.89. The molecule has 0 radical (unpaired) electrons. The Kier molecular flexibility index (Phi) is 4.76. The molecule has 0 amide bonds. The number of rotatable bonds is 3. The van der Waals surface area contributed by atoms with E-state index in [1.165, 1.54) is 19.2 Å². The van der Waals surface area contributed by atoms with Gasteiger partial charge in [0.1, 0.15) is 45.6 Å². The second kappa shape index (κ2) is 7.77. The van der Waals surface area contributed by atoms with Crippen LogP contribution in [0.3, 0.4) is 0 Å². The number of benzene rings is 3. The minimum absolute atomic E-state index is 0.00492. The number of hydrogen-bond donors (Lipinski definition) is 2. The maximum Gasteiger partial charge on any atom is 0.205 e. The highest BCUT2D eigenvalue weighted by atomic mass is 16.5. The van der Waals surface area contributed by atoms with Crippen molar-refractivity contribution in [3.05, 3.63) is 99.5 Å². The minimum Gasteiger partial charge on any atom is -0.507 e. The number of aromatic hydroxyl groups is 1. The van der Waals surface area contributed by atoms with Crippen LogP contribution in [0.4, 0.5) is 0 Å². The zero-order valence-electron chi connectivity index (χ0n) is 17.5. The predicted octanol–water partition coefficient (Wildman–Crippen LogP) is 4.39. The lowest BCUT2D eigenvalue weighted by atomic mass is 9.82. The number of nitrogens with two attached hydrogens (primary N) is 1. The monoisotopic (exact) mass is 438 g/mol. The minimum atomic E-state index is -0.799. The molecule has 0 bridgehead atoms. The Hall–Kier alpha value is -4.70. The molecule has 1 aliphatic rings. The first kappa shape index (κ1) is 20.2. The fourth-order valence-electron chi connectivity index (χ4n) is 4.20. The first-order chi connectivity index (χ1) is 16.0. The maximum atomic E-state index is 13.1. The molecule has 3 aromatic carbocycles. The number of nitrogens with zero attached hydrogens (tertiary/aromatic N) is 1. The van der Waals surface area contributed by atoms with Crippen LogP contribution in [0.25, 0.3) is 22.3 Å². The molecule has 7 nitrogen and oxygen atoms in total. The second-order valence-corrected chi connectivity index (χ2v) is 7.52. The standard InChI is InChI=1S/C26H18N2O5/c1-31-18-10-6-5-9-15(18)22-16(13-27)26(28)33-21-12-20-23(25(30)24(21)22)17(29)11-19(32-20)14-7-3-2-4-8-14/h2-12,22,30H,28H2,1H3. The van der Waals surface area contributed by atoms with E-state index in [4.69, 9.17) is 19.6 Å². The van der Waals surface area contributed by atoms with E-state index in [2.05, 4.69) is 6.07 Å². The molecule has 1 aliphatic heterocycles. The molecule has 0 saturated carbocycles. The SMILES string of the molecule is COc1ccccc1C1C(C#N)=C(N)Oc2cc3oc(-c4ccccc4)cc(=O)c3c(O)c21. The summed E-state index contributed by atoms with van der Waals surface area (Å²) in [4.78, 5) is 13.1. The summed E-state index contributed by atoms with van der Waals surface area (Å²) in [7, 11) is 1.51. The van der Waals surface area contributed by atoms with Gasteiger partial charge in [-0.15, -0.1) is 0 Å². The molecule has 33 heavy (non-hydrogen) atoms. The van der Waals surface area contributed by atoms with Crippen LogP contribution in [0, 0.1) is 11.3 Å². The van der Waals surface area contributed by atoms with Crippen molar-refractivity contribution in [2.24, 2.45) is 5.73 Å². The Morgan fingerprint density at radius 2 is 1.82 bits per heavy atom. The second-order valence-electron chi connectivity index (χ2n) is 7.52. The molecule has 1 unspecified atom stereocenters. The van der Waals surface area contributed by atoms with Crippen LogP contribution in [-0.2, 0) is 0 Å². The number of para-hydroxylation sites is 1. The van der Waals surface area contributed by atoms with Crippen molar-refractivity contribution in [2.45, 2.75) is 5.92 Å². The van der Waals surface area contributed by atoms with Crippen LogP contribution in [0.15, 0.2) is 87.4 Å². The third-order valence-corrected chi connectivity index (χ3v) is 5.69. The molecule has 3 N–H and O–H groups in total. The van der Waals surface area contributed by atoms with Crippen LogP contribution < -0.4 is 20.6 Å². The van der Waals surface area contributed by atoms with Crippen LogP contribution in [-0.4, -0.2) is 12.2 Å². The third-order valence-electron chi connectivity index (χ3n) is 5.69. The lowest BCUT2D eigenvalue weighted by molar-refractivity contribution is 0.377. The number of hydrogen-bond acceptors (Lipinski definition) is 7. The van der Waals surface area contributed by atoms with Gasteiger partial charge >= 0.3 is 0 Å². The third kappa shape index (κ3) is 3.17. The van der Waals surface area contributed by atoms with Gasteiger partial charge in [-0.1, -0.05) is 48.5 Å². The molecular weight excluding hydrogens is 420 g/mol. The first-order valence-electron chi connectivity index (χ1n) is 10.1. The van der Waals surface area contributed by atoms with E-state index in [-0.39, 0.29) is 39.5 Å². The van der Waals surface area contributed by atoms with Gasteiger partial charge in [0.15, 0.2) is 5.43 Å². The molecule has 7 heteroatoms. The first-order valence-corrected chi connectivity index (χ1v) is 10.1. The van der Waals surface area contributed by atoms with Gasteiger partial charge in [-0.2, -0.15) is 5.26 Å². The van der Waals surface area contributed by atoms with Crippen molar-refractivity contribution in [1.29, 1.82) is 5.26 Å². The fraction of sp³-hybridized carbons (Fsp3) is 0.0769. The summed E-state index contributed by atoms with van der Waals surface area (Å²) in [6.45, 7) is 0. The van der Waals surface area contributed by atoms with Gasteiger partial charge < -0.3 is 24.7 Å². The maximum absolute atomic E-state index is 13.1. The van der Waals surface area contributed by atoms with E-state index in [1.54, 1.807) is 24.3 Å². The van der Waals surface area contributed by atoms with E-state index >= 15 is 0 Å². The van der Waals surface area contributed by atoms with E-state index < -0.39 is 11.3 Å². The normalized spacial score (nSPS) is 15.0. The van der Waals surface area contributed by atoms with Crippen LogP contribution >= 0.6 is 0 Å². The van der Waals surface area contributed by atoms with Crippen molar-refractivity contribution in [3.8, 4) is 34.6 Å². The number of methoxy groups -OCH3 is 1. The number of allylic oxidation sites excluding steroid dienone is 1. The van der Waals surface area contributed by atoms with E-state index in [0.717, 1.165) is 0 Å². The van der Waals surface area contributed by atoms with Crippen molar-refractivity contribution >= 4 is 11.0 Å². The van der Waals surface area contributed by atoms with E-state index in [9.17, 15) is 15.2 Å². The molecule has 0 fully saturated rings. The van der Waals surface area contributed by atoms with Crippen molar-refractivity contribution in [3.63, 3.8) is 0 Å². The molecule has 0 spiro atoms. The summed E-state index contributed by atoms with van der Waals surface area (Å²) < 4.78 is 17.2. The van der Waals surface area contributed by atoms with Crippen molar-refractivity contribution < 1.29 is 19.0 Å². The summed E-state index contributed by atoms with van der Waals surface area (Å²) in [5, 5.41) is 21.1. The van der Waals surface area contributed by atoms with Gasteiger partial charge in [0.2, 0.25) is 5.88 Å². The number of fused-ring (bicyclic) bond motifs is 2. The van der Waals surface area contributed by atoms with Gasteiger partial charge in [0.25, 0.3) is 0 Å². The van der Waals surface area contributed by atoms with Gasteiger partial charge in [-0.05, 0) is 6.07 Å². The Labute approximate surface area is 188 Å². The summed E-state index contributed by atoms with van der Waals surface area (Å²) in [6, 6.07) is 21.2. The quantitative estimate of drug-likeness (QED) is 0.487. The van der Waals surface area contributed by atoms with Crippen molar-refractivity contribution in [2.75, 3.05) is 7.11 Å². The molecule has 0 saturated heterocycles. The number of phenols is 1. The molecule has 5 rings (SSSR count). The molecule has 4 aromatic rings. The Balaban J connectivity index is 1.81. The smallest absolute Gasteiger partial charge is 0.205 e. The zero-order chi connectivity index (χ0) is 23.1. The van der Waals surface area contributed by atoms with Crippen LogP contribution in [0.5, 0.6) is 17.2 Å². The molecule has 162 valence electrons.